The summed E-state index contributed by atoms with van der Waals surface area (Å²) in [6.07, 6.45) is -32.5. The number of hydrogen-bond donors (Lipinski definition) is 1. The van der Waals surface area contributed by atoms with Gasteiger partial charge in [-0.1, -0.05) is 164 Å². The van der Waals surface area contributed by atoms with Gasteiger partial charge < -0.3 is 71.4 Å². The molecule has 0 aliphatic carbocycles. The average Bonchev–Trinajstić information content (AvgIpc) is 0.756. The maximum absolute atomic E-state index is 16.5. The van der Waals surface area contributed by atoms with Gasteiger partial charge in [0.2, 0.25) is 0 Å². The van der Waals surface area contributed by atoms with Gasteiger partial charge in [-0.05, 0) is 109 Å². The van der Waals surface area contributed by atoms with Crippen LogP contribution in [0.15, 0.2) is 273 Å². The number of hydrogen-bond acceptors (Lipinski definition) is 24. The van der Waals surface area contributed by atoms with E-state index in [1.54, 1.807) is 78.9 Å². The third-order valence-corrected chi connectivity index (χ3v) is 17.1. The molecule has 0 unspecified atom stereocenters. The number of aliphatic hydroxyl groups is 1. The van der Waals surface area contributed by atoms with Crippen molar-refractivity contribution in [3.8, 4) is 0 Å². The highest BCUT2D eigenvalue weighted by atomic mass is 19.1. The standard InChI is InChI=1S/C81H67FO24/c82-46-58-61(98-72(85)51-32-14-3-15-33-51)65(102-76(89)55-40-22-7-23-41-55)68(104-78(91)57-44-26-9-27-45-57)80(96-58)106-69-66(103-77(90)56-42-24-8-25-43-56)63(100-74(87)53-36-18-5-19-37-53)60(48-94-71(84)50-30-12-2-13-31-50)97-81(69)105-67-64(101-75(88)54-38-20-6-21-39-54)62(99-73(86)52-34-16-4-17-35-52)59(95-79(67)92)47-93-70(83)49-28-10-1-11-29-49/h1-45,58-69,79-81,92H,46-48H2/t58-,59-,60-,61-,62-,63-,64+,65+,66+,67+,68+,69+,79+,80-,81-/m1/s1. The van der Waals surface area contributed by atoms with Crippen LogP contribution in [0.2, 0.25) is 0 Å². The van der Waals surface area contributed by atoms with Crippen LogP contribution in [0.3, 0.4) is 0 Å². The molecule has 3 heterocycles. The van der Waals surface area contributed by atoms with Crippen LogP contribution >= 0.6 is 0 Å². The van der Waals surface area contributed by atoms with Gasteiger partial charge in [-0.3, -0.25) is 0 Å². The fraction of sp³-hybridized carbons (Fsp3) is 0.222. The Morgan fingerprint density at radius 2 is 0.462 bits per heavy atom. The summed E-state index contributed by atoms with van der Waals surface area (Å²) in [6, 6.07) is 67.0. The molecule has 0 saturated carbocycles. The highest BCUT2D eigenvalue weighted by Crippen LogP contribution is 2.40. The zero-order valence-electron chi connectivity index (χ0n) is 56.0. The van der Waals surface area contributed by atoms with Crippen LogP contribution < -0.4 is 0 Å². The van der Waals surface area contributed by atoms with E-state index in [-0.39, 0.29) is 50.1 Å². The number of alkyl halides is 1. The number of halogens is 1. The summed E-state index contributed by atoms with van der Waals surface area (Å²) in [7, 11) is 0. The lowest BCUT2D eigenvalue weighted by Gasteiger charge is -2.50. The first-order valence-corrected chi connectivity index (χ1v) is 33.5. The Morgan fingerprint density at radius 3 is 0.755 bits per heavy atom. The fourth-order valence-electron chi connectivity index (χ4n) is 11.8. The first-order valence-electron chi connectivity index (χ1n) is 33.5. The number of ether oxygens (including phenoxy) is 14. The third kappa shape index (κ3) is 18.3. The molecular formula is C81H67FO24. The van der Waals surface area contributed by atoms with Crippen molar-refractivity contribution in [2.75, 3.05) is 19.9 Å². The number of benzene rings is 9. The third-order valence-electron chi connectivity index (χ3n) is 17.1. The molecule has 24 nitrogen and oxygen atoms in total. The number of aliphatic hydroxyl groups excluding tert-OH is 1. The van der Waals surface area contributed by atoms with Crippen LogP contribution in [-0.4, -0.2) is 171 Å². The molecule has 12 rings (SSSR count). The number of rotatable bonds is 25. The van der Waals surface area contributed by atoms with Crippen LogP contribution in [0.5, 0.6) is 0 Å². The van der Waals surface area contributed by atoms with Crippen molar-refractivity contribution in [1.82, 2.24) is 0 Å². The molecule has 1 N–H and O–H groups in total. The predicted octanol–water partition coefficient (Wildman–Crippen LogP) is 10.2. The number of carbonyl (C=O) groups excluding carboxylic acids is 9. The van der Waals surface area contributed by atoms with Gasteiger partial charge in [0.15, 0.2) is 73.8 Å². The quantitative estimate of drug-likeness (QED) is 0.0411. The van der Waals surface area contributed by atoms with Crippen LogP contribution in [0, 0.1) is 0 Å². The van der Waals surface area contributed by atoms with Crippen molar-refractivity contribution in [3.05, 3.63) is 323 Å². The summed E-state index contributed by atoms with van der Waals surface area (Å²) in [5.74, 6) is -9.77. The molecule has 0 aromatic heterocycles. The maximum atomic E-state index is 16.5. The normalized spacial score (nSPS) is 23.9. The van der Waals surface area contributed by atoms with E-state index < -0.39 is 166 Å². The minimum atomic E-state index is -2.42. The van der Waals surface area contributed by atoms with E-state index in [9.17, 15) is 43.5 Å². The van der Waals surface area contributed by atoms with Gasteiger partial charge in [0, 0.05) is 0 Å². The minimum Gasteiger partial charge on any atom is -0.459 e. The maximum Gasteiger partial charge on any atom is 0.338 e. The summed E-state index contributed by atoms with van der Waals surface area (Å²) in [4.78, 5) is 131. The number of esters is 9. The van der Waals surface area contributed by atoms with Gasteiger partial charge in [0.25, 0.3) is 0 Å². The fourth-order valence-corrected chi connectivity index (χ4v) is 11.8. The molecule has 9 aromatic rings. The lowest BCUT2D eigenvalue weighted by molar-refractivity contribution is -0.388. The van der Waals surface area contributed by atoms with E-state index in [2.05, 4.69) is 0 Å². The topological polar surface area (TPSA) is 303 Å². The molecule has 0 spiro atoms. The van der Waals surface area contributed by atoms with E-state index in [1.165, 1.54) is 194 Å². The molecule has 0 amide bonds. The van der Waals surface area contributed by atoms with Crippen molar-refractivity contribution in [1.29, 1.82) is 0 Å². The van der Waals surface area contributed by atoms with Gasteiger partial charge in [-0.2, -0.15) is 0 Å². The first kappa shape index (κ1) is 73.6. The van der Waals surface area contributed by atoms with E-state index in [4.69, 9.17) is 66.3 Å². The smallest absolute Gasteiger partial charge is 0.338 e. The van der Waals surface area contributed by atoms with Gasteiger partial charge in [-0.25, -0.2) is 47.5 Å². The molecule has 542 valence electrons. The minimum absolute atomic E-state index is 0.0195. The highest BCUT2D eigenvalue weighted by Gasteiger charge is 2.61. The Bertz CT molecular complexity index is 4440. The van der Waals surface area contributed by atoms with Gasteiger partial charge in [0.05, 0.1) is 50.1 Å². The zero-order chi connectivity index (χ0) is 73.9. The molecule has 25 heteroatoms. The Balaban J connectivity index is 1.04. The molecule has 3 aliphatic rings. The van der Waals surface area contributed by atoms with Gasteiger partial charge in [0.1, 0.15) is 38.2 Å². The Hall–Kier alpha value is -12.1. The first-order chi connectivity index (χ1) is 51.7. The molecule has 0 radical (unpaired) electrons. The Kier molecular flexibility index (Phi) is 24.6. The van der Waals surface area contributed by atoms with E-state index in [0.29, 0.717) is 0 Å². The summed E-state index contributed by atoms with van der Waals surface area (Å²) in [6.45, 7) is -3.33. The van der Waals surface area contributed by atoms with Crippen LogP contribution in [0.25, 0.3) is 0 Å². The van der Waals surface area contributed by atoms with Crippen LogP contribution in [0.4, 0.5) is 4.39 Å². The summed E-state index contributed by atoms with van der Waals surface area (Å²) >= 11 is 0. The molecule has 0 bridgehead atoms. The largest absolute Gasteiger partial charge is 0.459 e. The van der Waals surface area contributed by atoms with Crippen molar-refractivity contribution in [2.24, 2.45) is 0 Å². The van der Waals surface area contributed by atoms with Crippen molar-refractivity contribution >= 4 is 53.7 Å². The van der Waals surface area contributed by atoms with Gasteiger partial charge in [-0.15, -0.1) is 0 Å². The second-order valence-corrected chi connectivity index (χ2v) is 24.1. The van der Waals surface area contributed by atoms with Crippen molar-refractivity contribution < 1.29 is 119 Å². The SMILES string of the molecule is O=C(OC[C@H]1O[C@H](O[C@H]2[C@@H](OC(=O)c3ccccc3)[C@H](OC(=O)c3ccccc3)[C@@H](COC(=O)c3ccccc3)O[C@@H]2O)[C@@H](O[C@H]2O[C@H](CF)[C@@H](OC(=O)c3ccccc3)[C@H](OC(=O)c3ccccc3)[C@@H]2OC(=O)c2ccccc2)[C@@H](OC(=O)c2ccccc2)[C@@H]1OC(=O)c1ccccc1)c1ccccc1. The molecule has 3 aliphatic heterocycles. The van der Waals surface area contributed by atoms with Crippen LogP contribution in [0.1, 0.15) is 93.2 Å². The van der Waals surface area contributed by atoms with E-state index >= 15 is 9.18 Å². The zero-order valence-corrected chi connectivity index (χ0v) is 56.0. The molecule has 106 heavy (non-hydrogen) atoms. The second-order valence-electron chi connectivity index (χ2n) is 24.1. The average molecular weight is 1440 g/mol. The lowest BCUT2D eigenvalue weighted by atomic mass is 9.95. The number of carbonyl (C=O) groups is 9. The van der Waals surface area contributed by atoms with Gasteiger partial charge >= 0.3 is 53.7 Å². The van der Waals surface area contributed by atoms with Crippen molar-refractivity contribution in [3.63, 3.8) is 0 Å². The highest BCUT2D eigenvalue weighted by molar-refractivity contribution is 5.94. The molecular weight excluding hydrogens is 1380 g/mol. The molecule has 3 saturated heterocycles. The molecule has 3 fully saturated rings. The second kappa shape index (κ2) is 35.4. The Labute approximate surface area is 605 Å². The Morgan fingerprint density at radius 1 is 0.255 bits per heavy atom. The molecule has 15 atom stereocenters. The van der Waals surface area contributed by atoms with E-state index in [0.717, 1.165) is 0 Å². The molecule has 9 aromatic carbocycles. The summed E-state index contributed by atoms with van der Waals surface area (Å²) < 4.78 is 106. The predicted molar refractivity (Wildman–Crippen MR) is 367 cm³/mol. The summed E-state index contributed by atoms with van der Waals surface area (Å²) in [5.41, 5.74) is -0.593. The van der Waals surface area contributed by atoms with Crippen molar-refractivity contribution in [2.45, 2.75) is 92.1 Å². The van der Waals surface area contributed by atoms with Crippen LogP contribution in [-0.2, 0) is 66.3 Å². The lowest BCUT2D eigenvalue weighted by Crippen LogP contribution is -2.69. The monoisotopic (exact) mass is 1440 g/mol. The van der Waals surface area contributed by atoms with E-state index in [1.807, 2.05) is 0 Å². The summed E-state index contributed by atoms with van der Waals surface area (Å²) in [5, 5.41) is 12.8.